The van der Waals surface area contributed by atoms with Crippen molar-refractivity contribution in [2.45, 2.75) is 19.3 Å². The van der Waals surface area contributed by atoms with Crippen LogP contribution >= 0.6 is 11.6 Å². The highest BCUT2D eigenvalue weighted by Crippen LogP contribution is 2.24. The average Bonchev–Trinajstić information content (AvgIpc) is 2.88. The molecule has 0 fully saturated rings. The smallest absolute Gasteiger partial charge is 0.219 e. The summed E-state index contributed by atoms with van der Waals surface area (Å²) >= 11 is 5.88. The van der Waals surface area contributed by atoms with Crippen molar-refractivity contribution in [3.8, 4) is 6.07 Å². The normalized spacial score (nSPS) is 11.8. The second kappa shape index (κ2) is 5.73. The Balaban J connectivity index is 2.32. The zero-order valence-electron chi connectivity index (χ0n) is 10.4. The third kappa shape index (κ3) is 2.86. The summed E-state index contributed by atoms with van der Waals surface area (Å²) in [5, 5.41) is 9.71. The average molecular weight is 274 g/mol. The lowest BCUT2D eigenvalue weighted by Crippen LogP contribution is -2.10. The Labute approximate surface area is 116 Å². The fourth-order valence-corrected chi connectivity index (χ4v) is 2.01. The molecule has 0 N–H and O–H groups in total. The molecule has 1 heterocycles. The first-order valence-corrected chi connectivity index (χ1v) is 6.31. The number of nitrogens with zero attached hydrogens (tertiary/aromatic N) is 1. The van der Waals surface area contributed by atoms with Crippen LogP contribution in [0.1, 0.15) is 34.7 Å². The van der Waals surface area contributed by atoms with Crippen LogP contribution in [-0.2, 0) is 6.42 Å². The van der Waals surface area contributed by atoms with Gasteiger partial charge in [0.1, 0.15) is 11.7 Å². The molecule has 1 unspecified atom stereocenters. The van der Waals surface area contributed by atoms with Crippen LogP contribution in [0, 0.1) is 11.3 Å². The molecule has 0 spiro atoms. The number of rotatable bonds is 4. The molecule has 1 aromatic carbocycles. The van der Waals surface area contributed by atoms with Crippen LogP contribution in [-0.4, -0.2) is 5.78 Å². The van der Waals surface area contributed by atoms with E-state index in [9.17, 15) is 10.1 Å². The van der Waals surface area contributed by atoms with Crippen LogP contribution in [0.2, 0.25) is 5.02 Å². The quantitative estimate of drug-likeness (QED) is 0.792. The molecule has 0 bridgehead atoms. The van der Waals surface area contributed by atoms with Gasteiger partial charge in [0.05, 0.1) is 6.07 Å². The number of halogens is 1. The van der Waals surface area contributed by atoms with Crippen LogP contribution in [0.25, 0.3) is 0 Å². The van der Waals surface area contributed by atoms with Crippen molar-refractivity contribution in [2.24, 2.45) is 0 Å². The van der Waals surface area contributed by atoms with E-state index in [1.165, 1.54) is 0 Å². The van der Waals surface area contributed by atoms with Crippen molar-refractivity contribution in [1.29, 1.82) is 5.26 Å². The van der Waals surface area contributed by atoms with Gasteiger partial charge in [-0.1, -0.05) is 30.7 Å². The highest BCUT2D eigenvalue weighted by molar-refractivity contribution is 6.30. The van der Waals surface area contributed by atoms with Gasteiger partial charge in [0, 0.05) is 11.4 Å². The van der Waals surface area contributed by atoms with Crippen LogP contribution in [0.5, 0.6) is 0 Å². The molecule has 2 aromatic rings. The fourth-order valence-electron chi connectivity index (χ4n) is 1.81. The van der Waals surface area contributed by atoms with Gasteiger partial charge in [-0.05, 0) is 29.8 Å². The molecule has 0 aliphatic carbocycles. The maximum absolute atomic E-state index is 12.3. The molecule has 3 nitrogen and oxygen atoms in total. The van der Waals surface area contributed by atoms with E-state index in [-0.39, 0.29) is 11.5 Å². The zero-order valence-corrected chi connectivity index (χ0v) is 11.1. The number of aryl methyl sites for hydroxylation is 1. The third-order valence-electron chi connectivity index (χ3n) is 2.83. The van der Waals surface area contributed by atoms with Crippen molar-refractivity contribution < 1.29 is 9.21 Å². The van der Waals surface area contributed by atoms with Gasteiger partial charge in [0.25, 0.3) is 0 Å². The number of ketones is 1. The SMILES string of the molecule is CCc1ccc(C(=O)C(C#N)c2cccc(Cl)c2)o1. The standard InChI is InChI=1S/C15H12ClNO2/c1-2-12-6-7-14(19-12)15(18)13(9-17)10-4-3-5-11(16)8-10/h3-8,13H,2H2,1H3. The van der Waals surface area contributed by atoms with Crippen LogP contribution in [0.3, 0.4) is 0 Å². The van der Waals surface area contributed by atoms with Gasteiger partial charge in [-0.25, -0.2) is 0 Å². The molecule has 96 valence electrons. The predicted octanol–water partition coefficient (Wildman–Crippen LogP) is 3.99. The van der Waals surface area contributed by atoms with Crippen LogP contribution < -0.4 is 0 Å². The van der Waals surface area contributed by atoms with E-state index in [1.54, 1.807) is 36.4 Å². The van der Waals surface area contributed by atoms with Crippen LogP contribution in [0.15, 0.2) is 40.8 Å². The molecule has 1 atom stereocenters. The molecule has 0 amide bonds. The van der Waals surface area contributed by atoms with Crippen molar-refractivity contribution in [2.75, 3.05) is 0 Å². The first-order chi connectivity index (χ1) is 9.15. The molecule has 19 heavy (non-hydrogen) atoms. The van der Waals surface area contributed by atoms with Gasteiger partial charge in [-0.3, -0.25) is 4.79 Å². The number of Topliss-reactive ketones (excluding diaryl/α,β-unsaturated/α-hetero) is 1. The van der Waals surface area contributed by atoms with Gasteiger partial charge < -0.3 is 4.42 Å². The molecule has 0 saturated heterocycles. The Morgan fingerprint density at radius 2 is 2.21 bits per heavy atom. The number of nitriles is 1. The molecule has 4 heteroatoms. The monoisotopic (exact) mass is 273 g/mol. The minimum Gasteiger partial charge on any atom is -0.458 e. The van der Waals surface area contributed by atoms with E-state index < -0.39 is 5.92 Å². The topological polar surface area (TPSA) is 54.0 Å². The van der Waals surface area contributed by atoms with E-state index in [2.05, 4.69) is 0 Å². The molecular formula is C15H12ClNO2. The largest absolute Gasteiger partial charge is 0.458 e. The lowest BCUT2D eigenvalue weighted by molar-refractivity contribution is 0.0950. The lowest BCUT2D eigenvalue weighted by Gasteiger charge is -2.07. The number of carbonyl (C=O) groups excluding carboxylic acids is 1. The lowest BCUT2D eigenvalue weighted by atomic mass is 9.95. The van der Waals surface area contributed by atoms with E-state index in [0.29, 0.717) is 17.0 Å². The second-order valence-corrected chi connectivity index (χ2v) is 4.54. The number of hydrogen-bond donors (Lipinski definition) is 0. The Hall–Kier alpha value is -2.05. The summed E-state index contributed by atoms with van der Waals surface area (Å²) in [4.78, 5) is 12.3. The molecular weight excluding hydrogens is 262 g/mol. The summed E-state index contributed by atoms with van der Waals surface area (Å²) in [6.07, 6.45) is 0.710. The summed E-state index contributed by atoms with van der Waals surface area (Å²) in [5.74, 6) is -0.298. The van der Waals surface area contributed by atoms with E-state index >= 15 is 0 Å². The molecule has 1 aromatic heterocycles. The van der Waals surface area contributed by atoms with Crippen molar-refractivity contribution >= 4 is 17.4 Å². The van der Waals surface area contributed by atoms with Crippen molar-refractivity contribution in [1.82, 2.24) is 0 Å². The molecule has 0 saturated carbocycles. The Kier molecular flexibility index (Phi) is 4.03. The minimum absolute atomic E-state index is 0.211. The summed E-state index contributed by atoms with van der Waals surface area (Å²) < 4.78 is 5.40. The molecule has 0 aliphatic heterocycles. The first kappa shape index (κ1) is 13.4. The maximum atomic E-state index is 12.3. The van der Waals surface area contributed by atoms with Crippen molar-refractivity contribution in [3.63, 3.8) is 0 Å². The van der Waals surface area contributed by atoms with Gasteiger partial charge in [-0.15, -0.1) is 0 Å². The molecule has 0 aliphatic rings. The Morgan fingerprint density at radius 1 is 1.42 bits per heavy atom. The van der Waals surface area contributed by atoms with E-state index in [1.807, 2.05) is 13.0 Å². The summed E-state index contributed by atoms with van der Waals surface area (Å²) in [6, 6.07) is 12.1. The van der Waals surface area contributed by atoms with Gasteiger partial charge in [0.15, 0.2) is 5.76 Å². The second-order valence-electron chi connectivity index (χ2n) is 4.10. The molecule has 2 rings (SSSR count). The maximum Gasteiger partial charge on any atom is 0.219 e. The number of hydrogen-bond acceptors (Lipinski definition) is 3. The highest BCUT2D eigenvalue weighted by Gasteiger charge is 2.24. The number of benzene rings is 1. The van der Waals surface area contributed by atoms with Gasteiger partial charge in [-0.2, -0.15) is 5.26 Å². The summed E-state index contributed by atoms with van der Waals surface area (Å²) in [7, 11) is 0. The van der Waals surface area contributed by atoms with Crippen molar-refractivity contribution in [3.05, 3.63) is 58.5 Å². The summed E-state index contributed by atoms with van der Waals surface area (Å²) in [5.41, 5.74) is 0.578. The Morgan fingerprint density at radius 3 is 2.79 bits per heavy atom. The highest BCUT2D eigenvalue weighted by atomic mass is 35.5. The van der Waals surface area contributed by atoms with Gasteiger partial charge in [0.2, 0.25) is 5.78 Å². The Bertz CT molecular complexity index is 640. The summed E-state index contributed by atoms with van der Waals surface area (Å²) in [6.45, 7) is 1.94. The fraction of sp³-hybridized carbons (Fsp3) is 0.200. The van der Waals surface area contributed by atoms with E-state index in [4.69, 9.17) is 16.0 Å². The first-order valence-electron chi connectivity index (χ1n) is 5.93. The number of furan rings is 1. The predicted molar refractivity (Wildman–Crippen MR) is 72.2 cm³/mol. The zero-order chi connectivity index (χ0) is 13.8. The van der Waals surface area contributed by atoms with Gasteiger partial charge >= 0.3 is 0 Å². The minimum atomic E-state index is -0.894. The third-order valence-corrected chi connectivity index (χ3v) is 3.06. The van der Waals surface area contributed by atoms with E-state index in [0.717, 1.165) is 5.76 Å². The van der Waals surface area contributed by atoms with Crippen LogP contribution in [0.4, 0.5) is 0 Å². The molecule has 0 radical (unpaired) electrons. The number of carbonyl (C=O) groups is 1.